The van der Waals surface area contributed by atoms with Crippen LogP contribution in [0.25, 0.3) is 0 Å². The summed E-state index contributed by atoms with van der Waals surface area (Å²) in [4.78, 5) is 0. The molecular formula is C17H28O7. The molecule has 8 atom stereocenters. The van der Waals surface area contributed by atoms with Crippen LogP contribution in [0.1, 0.15) is 6.42 Å². The van der Waals surface area contributed by atoms with Crippen molar-refractivity contribution in [1.82, 2.24) is 0 Å². The molecule has 1 N–H and O–H groups in total. The van der Waals surface area contributed by atoms with E-state index in [1.807, 2.05) is 0 Å². The second-order valence-electron chi connectivity index (χ2n) is 6.71. The molecule has 0 aromatic carbocycles. The molecule has 0 saturated heterocycles. The third-order valence-corrected chi connectivity index (χ3v) is 5.48. The number of methoxy groups -OCH3 is 3. The second kappa shape index (κ2) is 8.23. The highest BCUT2D eigenvalue weighted by atomic mass is 16.7. The van der Waals surface area contributed by atoms with E-state index in [1.165, 1.54) is 0 Å². The van der Waals surface area contributed by atoms with E-state index in [-0.39, 0.29) is 38.3 Å². The lowest BCUT2D eigenvalue weighted by Crippen LogP contribution is -2.62. The summed E-state index contributed by atoms with van der Waals surface area (Å²) in [6, 6.07) is 0. The van der Waals surface area contributed by atoms with E-state index in [0.29, 0.717) is 11.8 Å². The highest BCUT2D eigenvalue weighted by Crippen LogP contribution is 2.55. The van der Waals surface area contributed by atoms with Crippen LogP contribution in [-0.4, -0.2) is 71.2 Å². The minimum absolute atomic E-state index is 0.0902. The molecule has 0 aromatic heterocycles. The SMILES string of the molecule is COCO[C@H]1[C@H](OCOC)[C@@H](O)[C@@H]2[C@H]([C@H]1OCOC)[C@@H]1C=C[C@H]2C1. The summed E-state index contributed by atoms with van der Waals surface area (Å²) in [6.07, 6.45) is 3.67. The van der Waals surface area contributed by atoms with Gasteiger partial charge in [-0.3, -0.25) is 0 Å². The monoisotopic (exact) mass is 344 g/mol. The number of fused-ring (bicyclic) bond motifs is 5. The summed E-state index contributed by atoms with van der Waals surface area (Å²) in [7, 11) is 4.72. The van der Waals surface area contributed by atoms with Gasteiger partial charge < -0.3 is 33.5 Å². The molecule has 0 heterocycles. The van der Waals surface area contributed by atoms with Crippen molar-refractivity contribution in [3.8, 4) is 0 Å². The fraction of sp³-hybridized carbons (Fsp3) is 0.882. The Morgan fingerprint density at radius 1 is 0.750 bits per heavy atom. The third kappa shape index (κ3) is 3.26. The second-order valence-corrected chi connectivity index (χ2v) is 6.71. The molecule has 2 bridgehead atoms. The van der Waals surface area contributed by atoms with Crippen molar-refractivity contribution in [2.75, 3.05) is 41.7 Å². The number of hydrogen-bond acceptors (Lipinski definition) is 7. The van der Waals surface area contributed by atoms with Crippen molar-refractivity contribution in [3.05, 3.63) is 12.2 Å². The van der Waals surface area contributed by atoms with Crippen LogP contribution < -0.4 is 0 Å². The summed E-state index contributed by atoms with van der Waals surface area (Å²) in [5, 5.41) is 11.0. The van der Waals surface area contributed by atoms with Gasteiger partial charge in [0.05, 0.1) is 12.2 Å². The Kier molecular flexibility index (Phi) is 6.26. The van der Waals surface area contributed by atoms with Gasteiger partial charge in [-0.05, 0) is 24.2 Å². The van der Waals surface area contributed by atoms with Crippen LogP contribution in [0.15, 0.2) is 12.2 Å². The summed E-state index contributed by atoms with van der Waals surface area (Å²) in [5.41, 5.74) is 0. The van der Waals surface area contributed by atoms with Gasteiger partial charge in [0.1, 0.15) is 32.6 Å². The molecular weight excluding hydrogens is 316 g/mol. The normalized spacial score (nSPS) is 43.3. The van der Waals surface area contributed by atoms with Gasteiger partial charge >= 0.3 is 0 Å². The number of aliphatic hydroxyl groups is 1. The van der Waals surface area contributed by atoms with Gasteiger partial charge in [0.15, 0.2) is 0 Å². The first-order valence-electron chi connectivity index (χ1n) is 8.41. The Bertz CT molecular complexity index is 429. The Morgan fingerprint density at radius 2 is 1.25 bits per heavy atom. The number of rotatable bonds is 9. The molecule has 0 aliphatic heterocycles. The van der Waals surface area contributed by atoms with Gasteiger partial charge in [-0.25, -0.2) is 0 Å². The van der Waals surface area contributed by atoms with Gasteiger partial charge in [0.2, 0.25) is 0 Å². The molecule has 3 rings (SSSR count). The predicted molar refractivity (Wildman–Crippen MR) is 84.0 cm³/mol. The molecule has 3 aliphatic carbocycles. The maximum absolute atomic E-state index is 11.0. The number of aliphatic hydroxyl groups excluding tert-OH is 1. The number of ether oxygens (including phenoxy) is 6. The topological polar surface area (TPSA) is 75.6 Å². The average Bonchev–Trinajstić information content (AvgIpc) is 3.20. The first kappa shape index (κ1) is 18.3. The summed E-state index contributed by atoms with van der Waals surface area (Å²) in [6.45, 7) is 0.375. The fourth-order valence-electron chi connectivity index (χ4n) is 4.69. The van der Waals surface area contributed by atoms with E-state index in [9.17, 15) is 5.11 Å². The fourth-order valence-corrected chi connectivity index (χ4v) is 4.69. The van der Waals surface area contributed by atoms with Crippen LogP contribution >= 0.6 is 0 Å². The smallest absolute Gasteiger partial charge is 0.146 e. The van der Waals surface area contributed by atoms with Crippen molar-refractivity contribution in [2.24, 2.45) is 23.7 Å². The Balaban J connectivity index is 1.85. The van der Waals surface area contributed by atoms with Crippen LogP contribution in [0, 0.1) is 23.7 Å². The summed E-state index contributed by atoms with van der Waals surface area (Å²) in [5.74, 6) is 1.05. The molecule has 2 saturated carbocycles. The first-order valence-corrected chi connectivity index (χ1v) is 8.41. The molecule has 7 heteroatoms. The predicted octanol–water partition coefficient (Wildman–Crippen LogP) is 0.766. The Hall–Kier alpha value is -0.540. The zero-order valence-electron chi connectivity index (χ0n) is 14.5. The minimum atomic E-state index is -0.630. The largest absolute Gasteiger partial charge is 0.390 e. The third-order valence-electron chi connectivity index (χ3n) is 5.48. The maximum Gasteiger partial charge on any atom is 0.146 e. The lowest BCUT2D eigenvalue weighted by molar-refractivity contribution is -0.270. The molecule has 0 amide bonds. The summed E-state index contributed by atoms with van der Waals surface area (Å²) >= 11 is 0. The lowest BCUT2D eigenvalue weighted by Gasteiger charge is -2.49. The van der Waals surface area contributed by atoms with Gasteiger partial charge in [-0.2, -0.15) is 0 Å². The molecule has 24 heavy (non-hydrogen) atoms. The molecule has 2 fully saturated rings. The van der Waals surface area contributed by atoms with Crippen LogP contribution in [0.2, 0.25) is 0 Å². The van der Waals surface area contributed by atoms with Gasteiger partial charge in [0, 0.05) is 27.2 Å². The maximum atomic E-state index is 11.0. The van der Waals surface area contributed by atoms with Crippen molar-refractivity contribution in [2.45, 2.75) is 30.8 Å². The Morgan fingerprint density at radius 3 is 1.83 bits per heavy atom. The quantitative estimate of drug-likeness (QED) is 0.489. The number of hydrogen-bond donors (Lipinski definition) is 1. The van der Waals surface area contributed by atoms with E-state index in [0.717, 1.165) is 6.42 Å². The highest BCUT2D eigenvalue weighted by molar-refractivity contribution is 5.20. The highest BCUT2D eigenvalue weighted by Gasteiger charge is 2.60. The van der Waals surface area contributed by atoms with E-state index in [1.54, 1.807) is 21.3 Å². The van der Waals surface area contributed by atoms with Crippen LogP contribution in [0.4, 0.5) is 0 Å². The zero-order chi connectivity index (χ0) is 17.1. The molecule has 0 spiro atoms. The van der Waals surface area contributed by atoms with E-state index < -0.39 is 18.3 Å². The zero-order valence-corrected chi connectivity index (χ0v) is 14.5. The van der Waals surface area contributed by atoms with Crippen molar-refractivity contribution >= 4 is 0 Å². The molecule has 3 aliphatic rings. The van der Waals surface area contributed by atoms with Crippen LogP contribution in [-0.2, 0) is 28.4 Å². The standard InChI is InChI=1S/C17H28O7/c1-19-7-22-15-13-11-5-4-10(6-11)12(13)14(18)16(23-8-20-2)17(15)24-9-21-3/h4-5,10-18H,6-9H2,1-3H3/t10-,11+,12-,13+,14-,15+,16+,17+/m0/s1. The minimum Gasteiger partial charge on any atom is -0.390 e. The summed E-state index contributed by atoms with van der Waals surface area (Å²) < 4.78 is 32.9. The first-order chi connectivity index (χ1) is 11.7. The van der Waals surface area contributed by atoms with Crippen molar-refractivity contribution in [3.63, 3.8) is 0 Å². The molecule has 138 valence electrons. The Labute approximate surface area is 142 Å². The lowest BCUT2D eigenvalue weighted by atomic mass is 9.67. The van der Waals surface area contributed by atoms with Gasteiger partial charge in [-0.1, -0.05) is 12.2 Å². The van der Waals surface area contributed by atoms with Crippen molar-refractivity contribution in [1.29, 1.82) is 0 Å². The van der Waals surface area contributed by atoms with Crippen molar-refractivity contribution < 1.29 is 33.5 Å². The molecule has 0 radical (unpaired) electrons. The number of allylic oxidation sites excluding steroid dienone is 2. The van der Waals surface area contributed by atoms with E-state index in [4.69, 9.17) is 28.4 Å². The van der Waals surface area contributed by atoms with E-state index in [2.05, 4.69) is 12.2 Å². The molecule has 7 nitrogen and oxygen atoms in total. The van der Waals surface area contributed by atoms with Crippen LogP contribution in [0.3, 0.4) is 0 Å². The average molecular weight is 344 g/mol. The molecule has 0 unspecified atom stereocenters. The molecule has 0 aromatic rings. The van der Waals surface area contributed by atoms with Crippen LogP contribution in [0.5, 0.6) is 0 Å². The van der Waals surface area contributed by atoms with Gasteiger partial charge in [0.25, 0.3) is 0 Å². The van der Waals surface area contributed by atoms with Gasteiger partial charge in [-0.15, -0.1) is 0 Å². The van der Waals surface area contributed by atoms with E-state index >= 15 is 0 Å².